The fourth-order valence-corrected chi connectivity index (χ4v) is 4.84. The molecule has 0 bridgehead atoms. The number of sulfone groups is 1. The van der Waals surface area contributed by atoms with Crippen molar-refractivity contribution in [2.24, 2.45) is 0 Å². The molecule has 0 aliphatic rings. The van der Waals surface area contributed by atoms with Crippen molar-refractivity contribution in [3.8, 4) is 34.0 Å². The Kier molecular flexibility index (Phi) is 7.28. The summed E-state index contributed by atoms with van der Waals surface area (Å²) in [5.41, 5.74) is 3.09. The summed E-state index contributed by atoms with van der Waals surface area (Å²) in [5, 5.41) is 6.25. The average Bonchev–Trinajstić information content (AvgIpc) is 3.33. The summed E-state index contributed by atoms with van der Waals surface area (Å²) in [5.74, 6) is -0.997. The molecule has 10 heteroatoms. The zero-order valence-electron chi connectivity index (χ0n) is 20.3. The Morgan fingerprint density at radius 1 is 1.03 bits per heavy atom. The van der Waals surface area contributed by atoms with Crippen LogP contribution in [0, 0.1) is 11.6 Å². The first kappa shape index (κ1) is 25.6. The van der Waals surface area contributed by atoms with E-state index < -0.39 is 26.7 Å². The van der Waals surface area contributed by atoms with Gasteiger partial charge in [-0.15, -0.1) is 0 Å². The Hall–Kier alpha value is -3.50. The second-order valence-corrected chi connectivity index (χ2v) is 11.0. The van der Waals surface area contributed by atoms with E-state index in [4.69, 9.17) is 4.52 Å². The minimum atomic E-state index is -3.77. The van der Waals surface area contributed by atoms with E-state index in [-0.39, 0.29) is 16.2 Å². The topological polar surface area (TPSA) is 98.0 Å². The molecule has 0 unspecified atom stereocenters. The van der Waals surface area contributed by atoms with Crippen molar-refractivity contribution in [1.29, 1.82) is 0 Å². The van der Waals surface area contributed by atoms with E-state index in [1.54, 1.807) is 25.2 Å². The zero-order valence-corrected chi connectivity index (χ0v) is 21.2. The van der Waals surface area contributed by atoms with Crippen molar-refractivity contribution in [3.63, 3.8) is 0 Å². The third kappa shape index (κ3) is 4.91. The highest BCUT2D eigenvalue weighted by Gasteiger charge is 2.24. The van der Waals surface area contributed by atoms with Crippen molar-refractivity contribution in [3.05, 3.63) is 71.6 Å². The zero-order chi connectivity index (χ0) is 26.0. The van der Waals surface area contributed by atoms with Gasteiger partial charge in [-0.1, -0.05) is 24.2 Å². The molecule has 0 fully saturated rings. The van der Waals surface area contributed by atoms with Crippen molar-refractivity contribution < 1.29 is 21.7 Å². The lowest BCUT2D eigenvalue weighted by Gasteiger charge is -2.11. The lowest BCUT2D eigenvalue weighted by Crippen LogP contribution is -2.15. The van der Waals surface area contributed by atoms with E-state index in [9.17, 15) is 17.2 Å². The molecule has 2 aromatic carbocycles. The number of nitrogens with one attached hydrogen (secondary N) is 1. The number of aromatic nitrogens is 3. The van der Waals surface area contributed by atoms with Crippen molar-refractivity contribution in [1.82, 2.24) is 20.4 Å². The summed E-state index contributed by atoms with van der Waals surface area (Å²) < 4.78 is 59.8. The average molecular weight is 513 g/mol. The molecule has 0 amide bonds. The molecule has 0 aliphatic heterocycles. The first-order chi connectivity index (χ1) is 17.1. The van der Waals surface area contributed by atoms with Crippen LogP contribution >= 0.6 is 0 Å². The van der Waals surface area contributed by atoms with E-state index in [2.05, 4.69) is 20.4 Å². The summed E-state index contributed by atoms with van der Waals surface area (Å²) in [7, 11) is -1.99. The van der Waals surface area contributed by atoms with Gasteiger partial charge in [-0.2, -0.15) is 0 Å². The molecular weight excluding hydrogens is 486 g/mol. The lowest BCUT2D eigenvalue weighted by atomic mass is 10.1. The van der Waals surface area contributed by atoms with Crippen LogP contribution in [0.4, 0.5) is 8.78 Å². The van der Waals surface area contributed by atoms with Gasteiger partial charge in [0.15, 0.2) is 15.6 Å². The van der Waals surface area contributed by atoms with Gasteiger partial charge in [-0.25, -0.2) is 22.2 Å². The Morgan fingerprint density at radius 3 is 2.44 bits per heavy atom. The van der Waals surface area contributed by atoms with Gasteiger partial charge < -0.3 is 9.84 Å². The molecule has 0 saturated carbocycles. The van der Waals surface area contributed by atoms with E-state index in [1.807, 2.05) is 6.92 Å². The van der Waals surface area contributed by atoms with Crippen molar-refractivity contribution in [2.75, 3.05) is 7.05 Å². The highest BCUT2D eigenvalue weighted by molar-refractivity contribution is 7.92. The Labute approximate surface area is 208 Å². The van der Waals surface area contributed by atoms with Crippen LogP contribution in [-0.4, -0.2) is 35.8 Å². The second kappa shape index (κ2) is 10.2. The normalized spacial score (nSPS) is 11.9. The van der Waals surface area contributed by atoms with Crippen molar-refractivity contribution >= 4 is 9.84 Å². The second-order valence-electron chi connectivity index (χ2n) is 8.56. The van der Waals surface area contributed by atoms with E-state index >= 15 is 0 Å². The monoisotopic (exact) mass is 512 g/mol. The van der Waals surface area contributed by atoms with Crippen LogP contribution in [0.1, 0.15) is 32.0 Å². The summed E-state index contributed by atoms with van der Waals surface area (Å²) >= 11 is 0. The van der Waals surface area contributed by atoms with Crippen LogP contribution in [0.15, 0.2) is 58.1 Å². The maximum absolute atomic E-state index is 14.8. The molecule has 2 heterocycles. The summed E-state index contributed by atoms with van der Waals surface area (Å²) in [4.78, 5) is 8.69. The molecule has 4 rings (SSSR count). The Morgan fingerprint density at radius 2 is 1.81 bits per heavy atom. The number of nitrogens with zero attached hydrogens (tertiary/aromatic N) is 3. The molecule has 0 radical (unpaired) electrons. The van der Waals surface area contributed by atoms with Crippen LogP contribution in [-0.2, 0) is 22.8 Å². The minimum Gasteiger partial charge on any atom is -0.354 e. The van der Waals surface area contributed by atoms with Gasteiger partial charge >= 0.3 is 0 Å². The van der Waals surface area contributed by atoms with Gasteiger partial charge in [0.1, 0.15) is 27.9 Å². The number of hydrogen-bond donors (Lipinski definition) is 1. The minimum absolute atomic E-state index is 0.286. The molecule has 188 valence electrons. The molecular formula is C26H26F2N4O3S. The number of rotatable bonds is 8. The molecule has 0 atom stereocenters. The fraction of sp³-hybridized carbons (Fsp3) is 0.269. The Bertz CT molecular complexity index is 1520. The molecule has 36 heavy (non-hydrogen) atoms. The van der Waals surface area contributed by atoms with Gasteiger partial charge in [0.25, 0.3) is 0 Å². The summed E-state index contributed by atoms with van der Waals surface area (Å²) in [6.07, 6.45) is 2.02. The highest BCUT2D eigenvalue weighted by atomic mass is 32.2. The molecule has 2 aromatic heterocycles. The number of hydrogen-bond acceptors (Lipinski definition) is 7. The largest absolute Gasteiger partial charge is 0.354 e. The fourth-order valence-electron chi connectivity index (χ4n) is 3.75. The van der Waals surface area contributed by atoms with Gasteiger partial charge in [0, 0.05) is 23.7 Å². The van der Waals surface area contributed by atoms with Crippen LogP contribution in [0.25, 0.3) is 34.0 Å². The van der Waals surface area contributed by atoms with Crippen LogP contribution in [0.3, 0.4) is 0 Å². The maximum Gasteiger partial charge on any atom is 0.187 e. The number of halogens is 2. The maximum atomic E-state index is 14.8. The van der Waals surface area contributed by atoms with Crippen LogP contribution in [0.5, 0.6) is 0 Å². The van der Waals surface area contributed by atoms with Gasteiger partial charge in [-0.05, 0) is 57.1 Å². The molecule has 0 saturated heterocycles. The number of aryl methyl sites for hydroxylation is 1. The smallest absolute Gasteiger partial charge is 0.187 e. The highest BCUT2D eigenvalue weighted by Crippen LogP contribution is 2.31. The third-order valence-corrected chi connectivity index (χ3v) is 7.96. The van der Waals surface area contributed by atoms with Gasteiger partial charge in [0.2, 0.25) is 0 Å². The first-order valence-electron chi connectivity index (χ1n) is 11.5. The van der Waals surface area contributed by atoms with Gasteiger partial charge in [0.05, 0.1) is 22.8 Å². The predicted octanol–water partition coefficient (Wildman–Crippen LogP) is 5.21. The molecule has 7 nitrogen and oxygen atoms in total. The predicted molar refractivity (Wildman–Crippen MR) is 133 cm³/mol. The molecule has 0 aliphatic carbocycles. The molecule has 4 aromatic rings. The van der Waals surface area contributed by atoms with Crippen LogP contribution < -0.4 is 5.32 Å². The molecule has 1 N–H and O–H groups in total. The first-order valence-corrected chi connectivity index (χ1v) is 13.0. The SMILES string of the molecule is CCc1ncc(-c2ccc(S(=O)(=O)C(C)C)c(F)c2)nc1-c1cc(-c2ccc(CNC)cc2F)no1. The van der Waals surface area contributed by atoms with E-state index in [0.29, 0.717) is 41.3 Å². The lowest BCUT2D eigenvalue weighted by molar-refractivity contribution is 0.432. The van der Waals surface area contributed by atoms with Gasteiger partial charge in [-0.3, -0.25) is 4.98 Å². The quantitative estimate of drug-likeness (QED) is 0.346. The summed E-state index contributed by atoms with van der Waals surface area (Å²) in [6.45, 7) is 5.43. The number of benzene rings is 2. The third-order valence-electron chi connectivity index (χ3n) is 5.77. The van der Waals surface area contributed by atoms with Crippen LogP contribution in [0.2, 0.25) is 0 Å². The standard InChI is InChI=1S/C26H26F2N4O3S/c1-5-21-26(24-12-22(32-35-24)18-8-6-16(13-29-4)10-19(18)27)31-23(14-30-21)17-7-9-25(20(28)11-17)36(33,34)15(2)3/h6-12,14-15,29H,5,13H2,1-4H3. The van der Waals surface area contributed by atoms with Crippen molar-refractivity contribution in [2.45, 2.75) is 43.9 Å². The van der Waals surface area contributed by atoms with E-state index in [1.165, 1.54) is 38.2 Å². The molecule has 0 spiro atoms. The van der Waals surface area contributed by atoms with E-state index in [0.717, 1.165) is 11.6 Å². The summed E-state index contributed by atoms with van der Waals surface area (Å²) in [6, 6.07) is 10.3. The Balaban J connectivity index is 1.72.